The second-order valence-electron chi connectivity index (χ2n) is 4.43. The van der Waals surface area contributed by atoms with E-state index in [2.05, 4.69) is 76.9 Å². The van der Waals surface area contributed by atoms with Gasteiger partial charge >= 0.3 is 0 Å². The fraction of sp³-hybridized carbons (Fsp3) is 0.333. The van der Waals surface area contributed by atoms with Crippen LogP contribution in [-0.4, -0.2) is 0 Å². The van der Waals surface area contributed by atoms with Crippen LogP contribution in [0.3, 0.4) is 0 Å². The number of rotatable bonds is 5. The lowest BCUT2D eigenvalue weighted by molar-refractivity contribution is 0.460. The molecule has 1 N–H and O–H groups in total. The summed E-state index contributed by atoms with van der Waals surface area (Å²) in [5.74, 6) is 0. The molecule has 0 spiro atoms. The van der Waals surface area contributed by atoms with E-state index < -0.39 is 0 Å². The van der Waals surface area contributed by atoms with Crippen molar-refractivity contribution in [3.05, 3.63) is 56.7 Å². The van der Waals surface area contributed by atoms with Gasteiger partial charge in [0.25, 0.3) is 0 Å². The molecule has 0 fully saturated rings. The van der Waals surface area contributed by atoms with E-state index in [0.29, 0.717) is 12.1 Å². The molecule has 0 aliphatic heterocycles. The normalized spacial score (nSPS) is 14.4. The lowest BCUT2D eigenvalue weighted by Crippen LogP contribution is -2.23. The van der Waals surface area contributed by atoms with Crippen LogP contribution in [0.5, 0.6) is 0 Å². The Hall–Kier alpha value is -0.640. The molecular weight excluding hydrogens is 306 g/mol. The lowest BCUT2D eigenvalue weighted by atomic mass is 10.0. The SMILES string of the molecule is CCC(NC(C)c1cc(Br)cs1)c1ccccc1. The molecule has 96 valence electrons. The van der Waals surface area contributed by atoms with Gasteiger partial charge in [-0.3, -0.25) is 0 Å². The Morgan fingerprint density at radius 3 is 2.56 bits per heavy atom. The van der Waals surface area contributed by atoms with Crippen molar-refractivity contribution in [1.82, 2.24) is 5.32 Å². The Kier molecular flexibility index (Phi) is 4.98. The van der Waals surface area contributed by atoms with Gasteiger partial charge in [0, 0.05) is 26.8 Å². The molecule has 0 amide bonds. The molecular formula is C15H18BrNS. The van der Waals surface area contributed by atoms with Crippen molar-refractivity contribution in [2.45, 2.75) is 32.4 Å². The summed E-state index contributed by atoms with van der Waals surface area (Å²) in [6.45, 7) is 4.45. The molecule has 1 aromatic carbocycles. The highest BCUT2D eigenvalue weighted by atomic mass is 79.9. The highest BCUT2D eigenvalue weighted by molar-refractivity contribution is 9.10. The molecule has 3 heteroatoms. The van der Waals surface area contributed by atoms with Gasteiger partial charge in [-0.15, -0.1) is 11.3 Å². The number of benzene rings is 1. The molecule has 0 aliphatic rings. The van der Waals surface area contributed by atoms with Crippen molar-refractivity contribution in [3.8, 4) is 0 Å². The highest BCUT2D eigenvalue weighted by Gasteiger charge is 2.14. The standard InChI is InChI=1S/C15H18BrNS/c1-3-14(12-7-5-4-6-8-12)17-11(2)15-9-13(16)10-18-15/h4-11,14,17H,3H2,1-2H3. The Labute approximate surface area is 121 Å². The molecule has 0 aliphatic carbocycles. The molecule has 0 radical (unpaired) electrons. The summed E-state index contributed by atoms with van der Waals surface area (Å²) >= 11 is 5.31. The molecule has 2 rings (SSSR count). The fourth-order valence-electron chi connectivity index (χ4n) is 2.07. The van der Waals surface area contributed by atoms with Gasteiger partial charge in [0.15, 0.2) is 0 Å². The van der Waals surface area contributed by atoms with E-state index in [0.717, 1.165) is 6.42 Å². The first-order valence-electron chi connectivity index (χ1n) is 6.25. The van der Waals surface area contributed by atoms with Crippen molar-refractivity contribution in [1.29, 1.82) is 0 Å². The van der Waals surface area contributed by atoms with Gasteiger partial charge in [-0.1, -0.05) is 37.3 Å². The monoisotopic (exact) mass is 323 g/mol. The minimum Gasteiger partial charge on any atom is -0.303 e. The first kappa shape index (κ1) is 13.8. The Morgan fingerprint density at radius 1 is 1.28 bits per heavy atom. The van der Waals surface area contributed by atoms with E-state index in [1.807, 2.05) is 0 Å². The topological polar surface area (TPSA) is 12.0 Å². The van der Waals surface area contributed by atoms with Crippen LogP contribution >= 0.6 is 27.3 Å². The quantitative estimate of drug-likeness (QED) is 0.785. The van der Waals surface area contributed by atoms with Crippen LogP contribution in [0.2, 0.25) is 0 Å². The second kappa shape index (κ2) is 6.50. The third-order valence-corrected chi connectivity index (χ3v) is 4.95. The molecule has 0 bridgehead atoms. The summed E-state index contributed by atoms with van der Waals surface area (Å²) in [7, 11) is 0. The summed E-state index contributed by atoms with van der Waals surface area (Å²) in [6.07, 6.45) is 1.10. The van der Waals surface area contributed by atoms with Crippen LogP contribution in [0.15, 0.2) is 46.3 Å². The lowest BCUT2D eigenvalue weighted by Gasteiger charge is -2.22. The van der Waals surface area contributed by atoms with E-state index >= 15 is 0 Å². The molecule has 1 nitrogen and oxygen atoms in total. The van der Waals surface area contributed by atoms with Gasteiger partial charge < -0.3 is 5.32 Å². The average Bonchev–Trinajstić information content (AvgIpc) is 2.83. The van der Waals surface area contributed by atoms with Gasteiger partial charge in [0.2, 0.25) is 0 Å². The summed E-state index contributed by atoms with van der Waals surface area (Å²) in [4.78, 5) is 1.37. The number of hydrogen-bond acceptors (Lipinski definition) is 2. The Bertz CT molecular complexity index is 480. The van der Waals surface area contributed by atoms with E-state index in [9.17, 15) is 0 Å². The zero-order valence-electron chi connectivity index (χ0n) is 10.7. The molecule has 2 aromatic rings. The predicted molar refractivity (Wildman–Crippen MR) is 83.0 cm³/mol. The van der Waals surface area contributed by atoms with E-state index in [1.165, 1.54) is 14.9 Å². The molecule has 0 saturated carbocycles. The molecule has 2 unspecified atom stereocenters. The minimum atomic E-state index is 0.381. The van der Waals surface area contributed by atoms with Crippen LogP contribution in [-0.2, 0) is 0 Å². The summed E-state index contributed by atoms with van der Waals surface area (Å²) in [6, 6.07) is 13.7. The maximum absolute atomic E-state index is 3.70. The van der Waals surface area contributed by atoms with Crippen LogP contribution in [0.4, 0.5) is 0 Å². The van der Waals surface area contributed by atoms with Crippen molar-refractivity contribution in [3.63, 3.8) is 0 Å². The van der Waals surface area contributed by atoms with Crippen LogP contribution in [0, 0.1) is 0 Å². The maximum Gasteiger partial charge on any atom is 0.0391 e. The first-order chi connectivity index (χ1) is 8.70. The highest BCUT2D eigenvalue weighted by Crippen LogP contribution is 2.28. The van der Waals surface area contributed by atoms with Crippen LogP contribution in [0.1, 0.15) is 42.8 Å². The number of thiophene rings is 1. The van der Waals surface area contributed by atoms with Gasteiger partial charge in [-0.05, 0) is 40.9 Å². The maximum atomic E-state index is 3.70. The Balaban J connectivity index is 2.07. The smallest absolute Gasteiger partial charge is 0.0391 e. The van der Waals surface area contributed by atoms with Gasteiger partial charge in [0.1, 0.15) is 0 Å². The van der Waals surface area contributed by atoms with Crippen LogP contribution in [0.25, 0.3) is 0 Å². The van der Waals surface area contributed by atoms with E-state index in [4.69, 9.17) is 0 Å². The molecule has 1 aromatic heterocycles. The Morgan fingerprint density at radius 2 is 2.00 bits per heavy atom. The van der Waals surface area contributed by atoms with Crippen molar-refractivity contribution >= 4 is 27.3 Å². The van der Waals surface area contributed by atoms with E-state index in [-0.39, 0.29) is 0 Å². The number of nitrogens with one attached hydrogen (secondary N) is 1. The second-order valence-corrected chi connectivity index (χ2v) is 6.29. The first-order valence-corrected chi connectivity index (χ1v) is 7.93. The van der Waals surface area contributed by atoms with Crippen molar-refractivity contribution < 1.29 is 0 Å². The number of hydrogen-bond donors (Lipinski definition) is 1. The fourth-order valence-corrected chi connectivity index (χ4v) is 3.54. The third kappa shape index (κ3) is 3.44. The van der Waals surface area contributed by atoms with Gasteiger partial charge in [0.05, 0.1) is 0 Å². The summed E-state index contributed by atoms with van der Waals surface area (Å²) < 4.78 is 1.17. The molecule has 2 atom stereocenters. The van der Waals surface area contributed by atoms with E-state index in [1.54, 1.807) is 11.3 Å². The molecule has 1 heterocycles. The third-order valence-electron chi connectivity index (χ3n) is 3.08. The van der Waals surface area contributed by atoms with Crippen molar-refractivity contribution in [2.24, 2.45) is 0 Å². The molecule has 0 saturated heterocycles. The summed E-state index contributed by atoms with van der Waals surface area (Å²) in [5.41, 5.74) is 1.36. The minimum absolute atomic E-state index is 0.381. The summed E-state index contributed by atoms with van der Waals surface area (Å²) in [5, 5.41) is 5.84. The zero-order valence-corrected chi connectivity index (χ0v) is 13.1. The van der Waals surface area contributed by atoms with Gasteiger partial charge in [-0.2, -0.15) is 0 Å². The van der Waals surface area contributed by atoms with Gasteiger partial charge in [-0.25, -0.2) is 0 Å². The largest absolute Gasteiger partial charge is 0.303 e. The number of halogens is 1. The van der Waals surface area contributed by atoms with Crippen LogP contribution < -0.4 is 5.32 Å². The van der Waals surface area contributed by atoms with Crippen molar-refractivity contribution in [2.75, 3.05) is 0 Å². The average molecular weight is 324 g/mol. The zero-order chi connectivity index (χ0) is 13.0. The molecule has 18 heavy (non-hydrogen) atoms. The predicted octanol–water partition coefficient (Wildman–Crippen LogP) is 5.31.